The molecule has 1 aromatic carbocycles. The number of hydrogen-bond acceptors (Lipinski definition) is 6. The van der Waals surface area contributed by atoms with E-state index in [9.17, 15) is 0 Å². The van der Waals surface area contributed by atoms with Crippen molar-refractivity contribution in [1.82, 2.24) is 10.3 Å². The van der Waals surface area contributed by atoms with E-state index in [1.54, 1.807) is 18.4 Å². The molecule has 0 fully saturated rings. The molecule has 2 atom stereocenters. The monoisotopic (exact) mass is 456 g/mol. The molecule has 0 saturated carbocycles. The van der Waals surface area contributed by atoms with E-state index in [-0.39, 0.29) is 6.04 Å². The maximum Gasteiger partial charge on any atom is 0.213 e. The quantitative estimate of drug-likeness (QED) is 0.577. The highest BCUT2D eigenvalue weighted by molar-refractivity contribution is 7.80. The molecule has 2 aliphatic heterocycles. The number of nitrogens with one attached hydrogen (secondary N) is 1. The van der Waals surface area contributed by atoms with Gasteiger partial charge in [-0.05, 0) is 29.3 Å². The predicted molar refractivity (Wildman–Crippen MR) is 126 cm³/mol. The summed E-state index contributed by atoms with van der Waals surface area (Å²) in [4.78, 5) is 9.12. The van der Waals surface area contributed by atoms with E-state index in [0.717, 1.165) is 36.7 Å². The molecule has 5 nitrogen and oxygen atoms in total. The normalized spacial score (nSPS) is 22.3. The number of hydrogen-bond donors (Lipinski definition) is 2. The first kappa shape index (κ1) is 19.9. The van der Waals surface area contributed by atoms with Crippen molar-refractivity contribution in [2.24, 2.45) is 5.73 Å². The van der Waals surface area contributed by atoms with E-state index in [1.807, 2.05) is 18.2 Å². The summed E-state index contributed by atoms with van der Waals surface area (Å²) in [5.74, 6) is 0.578. The molecule has 30 heavy (non-hydrogen) atoms. The number of benzene rings is 1. The van der Waals surface area contributed by atoms with Crippen molar-refractivity contribution >= 4 is 45.8 Å². The van der Waals surface area contributed by atoms with Crippen molar-refractivity contribution in [3.63, 3.8) is 0 Å². The van der Waals surface area contributed by atoms with Gasteiger partial charge in [0, 0.05) is 35.8 Å². The Morgan fingerprint density at radius 3 is 2.87 bits per heavy atom. The summed E-state index contributed by atoms with van der Waals surface area (Å²) < 4.78 is 6.25. The third-order valence-electron chi connectivity index (χ3n) is 5.95. The van der Waals surface area contributed by atoms with Crippen molar-refractivity contribution in [3.8, 4) is 5.88 Å². The molecule has 0 radical (unpaired) electrons. The van der Waals surface area contributed by atoms with Crippen LogP contribution in [0.1, 0.15) is 27.7 Å². The average molecular weight is 457 g/mol. The van der Waals surface area contributed by atoms with Gasteiger partial charge in [0.15, 0.2) is 0 Å². The maximum atomic E-state index is 6.18. The van der Waals surface area contributed by atoms with Gasteiger partial charge in [0.1, 0.15) is 10.4 Å². The van der Waals surface area contributed by atoms with Crippen LogP contribution in [-0.4, -0.2) is 30.2 Å². The second kappa shape index (κ2) is 7.59. The van der Waals surface area contributed by atoms with Crippen LogP contribution in [0.5, 0.6) is 5.88 Å². The van der Waals surface area contributed by atoms with Crippen LogP contribution in [0.25, 0.3) is 0 Å². The first-order valence-electron chi connectivity index (χ1n) is 9.73. The third-order valence-corrected chi connectivity index (χ3v) is 7.73. The summed E-state index contributed by atoms with van der Waals surface area (Å²) in [5.41, 5.74) is 9.77. The molecule has 0 aliphatic carbocycles. The van der Waals surface area contributed by atoms with Crippen LogP contribution >= 0.6 is 35.2 Å². The molecule has 5 rings (SSSR count). The second-order valence-electron chi connectivity index (χ2n) is 7.48. The average Bonchev–Trinajstić information content (AvgIpc) is 3.29. The Labute approximate surface area is 189 Å². The van der Waals surface area contributed by atoms with E-state index in [0.29, 0.717) is 25.5 Å². The molecule has 3 aromatic rings. The minimum Gasteiger partial charge on any atom is -0.481 e. The molecule has 1 spiro atoms. The van der Waals surface area contributed by atoms with Crippen LogP contribution in [-0.2, 0) is 12.0 Å². The molecule has 154 valence electrons. The number of ether oxygens (including phenoxy) is 1. The Morgan fingerprint density at radius 2 is 2.13 bits per heavy atom. The van der Waals surface area contributed by atoms with Gasteiger partial charge in [-0.1, -0.05) is 48.1 Å². The van der Waals surface area contributed by atoms with Gasteiger partial charge >= 0.3 is 0 Å². The summed E-state index contributed by atoms with van der Waals surface area (Å²) in [5, 5.41) is 3.62. The van der Waals surface area contributed by atoms with Crippen molar-refractivity contribution in [2.75, 3.05) is 25.1 Å². The topological polar surface area (TPSA) is 63.4 Å². The van der Waals surface area contributed by atoms with Gasteiger partial charge in [0.25, 0.3) is 0 Å². The second-order valence-corrected chi connectivity index (χ2v) is 9.67. The van der Waals surface area contributed by atoms with Gasteiger partial charge in [-0.2, -0.15) is 0 Å². The molecular formula is C22H21ClN4OS2. The highest BCUT2D eigenvalue weighted by Crippen LogP contribution is 2.50. The number of thiocarbonyl (C=S) groups is 1. The molecular weight excluding hydrogens is 436 g/mol. The number of para-hydroxylation sites is 1. The summed E-state index contributed by atoms with van der Waals surface area (Å²) >= 11 is 13.9. The molecule has 0 bridgehead atoms. The lowest BCUT2D eigenvalue weighted by molar-refractivity contribution is 0.384. The molecule has 3 N–H and O–H groups in total. The molecule has 0 amide bonds. The number of fused-ring (bicyclic) bond motifs is 4. The first-order valence-corrected chi connectivity index (χ1v) is 11.3. The van der Waals surface area contributed by atoms with Crippen LogP contribution in [0.4, 0.5) is 5.69 Å². The molecule has 4 heterocycles. The highest BCUT2D eigenvalue weighted by Gasteiger charge is 2.53. The number of thiophene rings is 1. The fourth-order valence-electron chi connectivity index (χ4n) is 4.54. The molecule has 2 aliphatic rings. The maximum absolute atomic E-state index is 6.18. The Balaban J connectivity index is 1.69. The van der Waals surface area contributed by atoms with Crippen LogP contribution < -0.4 is 20.7 Å². The standard InChI is InChI=1S/C22H21ClN4OS2/c1-28-19-9-7-14-16(10-24)25-12-22(20(14)26-19)15-4-2-3-5-17(15)27(21(22)29)11-13-6-8-18(23)30-13/h2-9,16,25H,10-12,24H2,1H3. The van der Waals surface area contributed by atoms with Crippen LogP contribution in [0, 0.1) is 0 Å². The lowest BCUT2D eigenvalue weighted by atomic mass is 9.73. The zero-order valence-corrected chi connectivity index (χ0v) is 18.8. The van der Waals surface area contributed by atoms with Crippen molar-refractivity contribution in [3.05, 3.63) is 74.6 Å². The Kier molecular flexibility index (Phi) is 5.03. The first-order chi connectivity index (χ1) is 14.6. The number of rotatable bonds is 4. The number of nitrogens with two attached hydrogens (primary N) is 1. The van der Waals surface area contributed by atoms with E-state index in [2.05, 4.69) is 40.5 Å². The Hall–Kier alpha value is -2.03. The summed E-state index contributed by atoms with van der Waals surface area (Å²) in [7, 11) is 1.64. The van der Waals surface area contributed by atoms with Gasteiger partial charge < -0.3 is 20.7 Å². The molecule has 8 heteroatoms. The number of halogens is 1. The van der Waals surface area contributed by atoms with Gasteiger partial charge in [-0.25, -0.2) is 4.98 Å². The highest BCUT2D eigenvalue weighted by atomic mass is 35.5. The summed E-state index contributed by atoms with van der Waals surface area (Å²) in [6.45, 7) is 1.80. The zero-order chi connectivity index (χ0) is 20.9. The summed E-state index contributed by atoms with van der Waals surface area (Å²) in [6.07, 6.45) is 0. The minimum atomic E-state index is -0.553. The van der Waals surface area contributed by atoms with Gasteiger partial charge in [-0.15, -0.1) is 11.3 Å². The van der Waals surface area contributed by atoms with Crippen LogP contribution in [0.3, 0.4) is 0 Å². The van der Waals surface area contributed by atoms with Crippen LogP contribution in [0.15, 0.2) is 48.5 Å². The minimum absolute atomic E-state index is 0.0316. The lowest BCUT2D eigenvalue weighted by Crippen LogP contribution is -2.53. The SMILES string of the molecule is COc1ccc2c(n1)C1(CNC2CN)C(=S)N(Cc2ccc(Cl)s2)c2ccccc21. The van der Waals surface area contributed by atoms with E-state index in [1.165, 1.54) is 0 Å². The van der Waals surface area contributed by atoms with Gasteiger partial charge in [-0.3, -0.25) is 0 Å². The van der Waals surface area contributed by atoms with E-state index >= 15 is 0 Å². The summed E-state index contributed by atoms with van der Waals surface area (Å²) in [6, 6.07) is 16.3. The number of pyridine rings is 1. The number of anilines is 1. The number of aromatic nitrogens is 1. The fourth-order valence-corrected chi connectivity index (χ4v) is 6.06. The zero-order valence-electron chi connectivity index (χ0n) is 16.4. The van der Waals surface area contributed by atoms with Crippen molar-refractivity contribution in [1.29, 1.82) is 0 Å². The van der Waals surface area contributed by atoms with E-state index < -0.39 is 5.41 Å². The van der Waals surface area contributed by atoms with Gasteiger partial charge in [0.2, 0.25) is 5.88 Å². The van der Waals surface area contributed by atoms with Crippen molar-refractivity contribution < 1.29 is 4.74 Å². The van der Waals surface area contributed by atoms with Crippen LogP contribution in [0.2, 0.25) is 4.34 Å². The van der Waals surface area contributed by atoms with Crippen molar-refractivity contribution in [2.45, 2.75) is 18.0 Å². The predicted octanol–water partition coefficient (Wildman–Crippen LogP) is 4.04. The molecule has 0 saturated heterocycles. The van der Waals surface area contributed by atoms with Gasteiger partial charge in [0.05, 0.1) is 23.7 Å². The smallest absolute Gasteiger partial charge is 0.213 e. The lowest BCUT2D eigenvalue weighted by Gasteiger charge is -2.39. The number of methoxy groups -OCH3 is 1. The Bertz CT molecular complexity index is 1130. The fraction of sp³-hybridized carbons (Fsp3) is 0.273. The molecule has 2 aromatic heterocycles. The van der Waals surface area contributed by atoms with E-state index in [4.69, 9.17) is 39.3 Å². The third kappa shape index (κ3) is 2.88. The Morgan fingerprint density at radius 1 is 1.30 bits per heavy atom. The largest absolute Gasteiger partial charge is 0.481 e. The molecule has 2 unspecified atom stereocenters. The number of nitrogens with zero attached hydrogens (tertiary/aromatic N) is 2.